The van der Waals surface area contributed by atoms with Gasteiger partial charge in [0.2, 0.25) is 0 Å². The number of rotatable bonds is 5. The Morgan fingerprint density at radius 2 is 0.808 bits per heavy atom. The number of fused-ring (bicyclic) bond motifs is 9. The Morgan fingerprint density at radius 3 is 1.48 bits per heavy atom. The number of hydrogen-bond acceptors (Lipinski definition) is 4. The molecule has 11 rings (SSSR count). The van der Waals surface area contributed by atoms with Crippen LogP contribution in [0.4, 0.5) is 17.1 Å². The maximum absolute atomic E-state index is 6.52. The molecule has 52 heavy (non-hydrogen) atoms. The fourth-order valence-corrected chi connectivity index (χ4v) is 7.92. The van der Waals surface area contributed by atoms with E-state index in [2.05, 4.69) is 150 Å². The molecule has 3 heterocycles. The second-order valence-corrected chi connectivity index (χ2v) is 13.3. The fraction of sp³-hybridized carbons (Fsp3) is 0. The molecule has 0 spiro atoms. The number of furan rings is 3. The molecule has 0 aliphatic rings. The summed E-state index contributed by atoms with van der Waals surface area (Å²) in [4.78, 5) is 2.26. The molecular weight excluding hydrogens is 639 g/mol. The van der Waals surface area contributed by atoms with Gasteiger partial charge in [0, 0.05) is 55.4 Å². The van der Waals surface area contributed by atoms with Gasteiger partial charge in [0.25, 0.3) is 0 Å². The molecule has 0 aliphatic carbocycles. The summed E-state index contributed by atoms with van der Waals surface area (Å²) in [5, 5.41) is 6.58. The Kier molecular flexibility index (Phi) is 6.22. The highest BCUT2D eigenvalue weighted by Crippen LogP contribution is 2.43. The van der Waals surface area contributed by atoms with Crippen molar-refractivity contribution in [1.29, 1.82) is 0 Å². The SMILES string of the molecule is c1ccc(N(c2ccccc2)c2ccc3c(c2)oc2ccc(-c4cccc5oc6ccc(-c7cccc8oc9ccccc9c78)cc6c45)cc23)cc1. The third kappa shape index (κ3) is 4.41. The van der Waals surface area contributed by atoms with Crippen LogP contribution < -0.4 is 4.90 Å². The highest BCUT2D eigenvalue weighted by molar-refractivity contribution is 6.17. The average Bonchev–Trinajstić information content (AvgIpc) is 3.89. The molecule has 4 heteroatoms. The van der Waals surface area contributed by atoms with E-state index in [4.69, 9.17) is 13.3 Å². The van der Waals surface area contributed by atoms with Crippen molar-refractivity contribution in [3.05, 3.63) is 176 Å². The first-order valence-electron chi connectivity index (χ1n) is 17.5. The van der Waals surface area contributed by atoms with Crippen molar-refractivity contribution in [3.63, 3.8) is 0 Å². The molecule has 0 N–H and O–H groups in total. The first-order chi connectivity index (χ1) is 25.8. The maximum Gasteiger partial charge on any atom is 0.137 e. The van der Waals surface area contributed by atoms with E-state index in [0.717, 1.165) is 105 Å². The van der Waals surface area contributed by atoms with Crippen LogP contribution in [0, 0.1) is 0 Å². The van der Waals surface area contributed by atoms with Crippen molar-refractivity contribution >= 4 is 82.9 Å². The molecule has 4 nitrogen and oxygen atoms in total. The molecule has 0 saturated heterocycles. The molecule has 0 unspecified atom stereocenters. The van der Waals surface area contributed by atoms with E-state index in [9.17, 15) is 0 Å². The maximum atomic E-state index is 6.52. The van der Waals surface area contributed by atoms with E-state index in [1.165, 1.54) is 0 Å². The Morgan fingerprint density at radius 1 is 0.288 bits per heavy atom. The monoisotopic (exact) mass is 667 g/mol. The summed E-state index contributed by atoms with van der Waals surface area (Å²) >= 11 is 0. The minimum absolute atomic E-state index is 0.846. The van der Waals surface area contributed by atoms with Gasteiger partial charge in [-0.25, -0.2) is 0 Å². The van der Waals surface area contributed by atoms with Crippen LogP contribution in [0.15, 0.2) is 189 Å². The summed E-state index contributed by atoms with van der Waals surface area (Å²) in [6.45, 7) is 0. The molecule has 0 bridgehead atoms. The standard InChI is InChI=1S/C48H29NO3/c1-3-11-32(12-4-1)49(33-13-5-2-6-14-33)34-23-24-37-39-27-30(21-25-42(39)52-46(37)29-34)36-17-10-20-45-48(36)40-28-31(22-26-43(40)51-45)35-16-9-19-44-47(35)38-15-7-8-18-41(38)50-44/h1-29H. The van der Waals surface area contributed by atoms with Gasteiger partial charge in [-0.3, -0.25) is 0 Å². The molecule has 0 fully saturated rings. The molecule has 0 saturated carbocycles. The summed E-state index contributed by atoms with van der Waals surface area (Å²) in [6, 6.07) is 61.2. The molecule has 0 atom stereocenters. The van der Waals surface area contributed by atoms with Gasteiger partial charge in [-0.2, -0.15) is 0 Å². The van der Waals surface area contributed by atoms with Crippen LogP contribution in [-0.2, 0) is 0 Å². The molecule has 0 radical (unpaired) electrons. The van der Waals surface area contributed by atoms with E-state index in [1.54, 1.807) is 0 Å². The van der Waals surface area contributed by atoms with Gasteiger partial charge in [-0.15, -0.1) is 0 Å². The molecule has 11 aromatic rings. The molecule has 3 aromatic heterocycles. The smallest absolute Gasteiger partial charge is 0.137 e. The normalized spacial score (nSPS) is 11.8. The summed E-state index contributed by atoms with van der Waals surface area (Å²) in [5.41, 5.74) is 12.9. The lowest BCUT2D eigenvalue weighted by molar-refractivity contribution is 0.668. The quantitative estimate of drug-likeness (QED) is 0.183. The number of hydrogen-bond donors (Lipinski definition) is 0. The number of anilines is 3. The van der Waals surface area contributed by atoms with Gasteiger partial charge >= 0.3 is 0 Å². The Labute approximate surface area is 298 Å². The third-order valence-electron chi connectivity index (χ3n) is 10.3. The molecule has 0 amide bonds. The van der Waals surface area contributed by atoms with Crippen molar-refractivity contribution in [1.82, 2.24) is 0 Å². The first-order valence-corrected chi connectivity index (χ1v) is 17.5. The molecule has 244 valence electrons. The van der Waals surface area contributed by atoms with E-state index in [1.807, 2.05) is 30.3 Å². The van der Waals surface area contributed by atoms with E-state index < -0.39 is 0 Å². The van der Waals surface area contributed by atoms with Crippen LogP contribution in [0.2, 0.25) is 0 Å². The van der Waals surface area contributed by atoms with Crippen molar-refractivity contribution in [2.75, 3.05) is 4.90 Å². The Balaban J connectivity index is 1.05. The van der Waals surface area contributed by atoms with E-state index in [-0.39, 0.29) is 0 Å². The van der Waals surface area contributed by atoms with Gasteiger partial charge in [-0.1, -0.05) is 91.0 Å². The number of para-hydroxylation sites is 3. The highest BCUT2D eigenvalue weighted by Gasteiger charge is 2.19. The lowest BCUT2D eigenvalue weighted by Gasteiger charge is -2.25. The van der Waals surface area contributed by atoms with Crippen molar-refractivity contribution in [2.45, 2.75) is 0 Å². The topological polar surface area (TPSA) is 42.7 Å². The van der Waals surface area contributed by atoms with Crippen molar-refractivity contribution in [3.8, 4) is 22.3 Å². The molecule has 0 aliphatic heterocycles. The zero-order chi connectivity index (χ0) is 34.2. The second kappa shape index (κ2) is 11.2. The zero-order valence-corrected chi connectivity index (χ0v) is 27.9. The predicted octanol–water partition coefficient (Wildman–Crippen LogP) is 14.2. The first kappa shape index (κ1) is 28.8. The Bertz CT molecular complexity index is 3090. The molecule has 8 aromatic carbocycles. The van der Waals surface area contributed by atoms with Crippen LogP contribution in [0.25, 0.3) is 88.1 Å². The minimum Gasteiger partial charge on any atom is -0.456 e. The zero-order valence-electron chi connectivity index (χ0n) is 27.9. The third-order valence-corrected chi connectivity index (χ3v) is 10.3. The van der Waals surface area contributed by atoms with Crippen LogP contribution >= 0.6 is 0 Å². The number of benzene rings is 8. The fourth-order valence-electron chi connectivity index (χ4n) is 7.92. The average molecular weight is 668 g/mol. The van der Waals surface area contributed by atoms with Gasteiger partial charge in [0.1, 0.15) is 33.5 Å². The van der Waals surface area contributed by atoms with Gasteiger partial charge in [-0.05, 0) is 101 Å². The van der Waals surface area contributed by atoms with Crippen molar-refractivity contribution < 1.29 is 13.3 Å². The van der Waals surface area contributed by atoms with Crippen molar-refractivity contribution in [2.24, 2.45) is 0 Å². The van der Waals surface area contributed by atoms with Gasteiger partial charge < -0.3 is 18.2 Å². The number of nitrogens with zero attached hydrogens (tertiary/aromatic N) is 1. The summed E-state index contributed by atoms with van der Waals surface area (Å²) in [7, 11) is 0. The lowest BCUT2D eigenvalue weighted by atomic mass is 9.95. The second-order valence-electron chi connectivity index (χ2n) is 13.3. The highest BCUT2D eigenvalue weighted by atomic mass is 16.3. The summed E-state index contributed by atoms with van der Waals surface area (Å²) in [6.07, 6.45) is 0. The van der Waals surface area contributed by atoms with Crippen LogP contribution in [0.3, 0.4) is 0 Å². The molecular formula is C48H29NO3. The lowest BCUT2D eigenvalue weighted by Crippen LogP contribution is -2.09. The van der Waals surface area contributed by atoms with Gasteiger partial charge in [0.15, 0.2) is 0 Å². The van der Waals surface area contributed by atoms with Gasteiger partial charge in [0.05, 0.1) is 0 Å². The van der Waals surface area contributed by atoms with Crippen LogP contribution in [0.1, 0.15) is 0 Å². The van der Waals surface area contributed by atoms with E-state index in [0.29, 0.717) is 0 Å². The largest absolute Gasteiger partial charge is 0.456 e. The predicted molar refractivity (Wildman–Crippen MR) is 214 cm³/mol. The Hall–Kier alpha value is -7.04. The minimum atomic E-state index is 0.846. The summed E-state index contributed by atoms with van der Waals surface area (Å²) in [5.74, 6) is 0. The van der Waals surface area contributed by atoms with E-state index >= 15 is 0 Å². The summed E-state index contributed by atoms with van der Waals surface area (Å²) < 4.78 is 19.2. The van der Waals surface area contributed by atoms with Crippen LogP contribution in [-0.4, -0.2) is 0 Å². The van der Waals surface area contributed by atoms with Crippen LogP contribution in [0.5, 0.6) is 0 Å².